The summed E-state index contributed by atoms with van der Waals surface area (Å²) in [6.07, 6.45) is 5.88. The van der Waals surface area contributed by atoms with Crippen molar-refractivity contribution in [1.82, 2.24) is 3.53 Å². The fraction of sp³-hybridized carbons (Fsp3) is 0.857. The highest BCUT2D eigenvalue weighted by molar-refractivity contribution is 14.1. The van der Waals surface area contributed by atoms with Gasteiger partial charge in [0.05, 0.1) is 22.9 Å². The van der Waals surface area contributed by atoms with Crippen molar-refractivity contribution in [3.05, 3.63) is 0 Å². The first kappa shape index (κ1) is 8.30. The number of rotatable bonds is 2. The van der Waals surface area contributed by atoms with Gasteiger partial charge in [0.1, 0.15) is 0 Å². The predicted molar refractivity (Wildman–Crippen MR) is 48.7 cm³/mol. The standard InChI is InChI=1S/C7H12INO/c8-9-7(10)5-6-3-1-2-4-6/h6H,1-5H2,(H,9,10). The van der Waals surface area contributed by atoms with E-state index in [0.29, 0.717) is 5.92 Å². The molecular weight excluding hydrogens is 241 g/mol. The SMILES string of the molecule is O=C(CC1CCCC1)NI. The molecule has 0 aliphatic heterocycles. The van der Waals surface area contributed by atoms with Crippen molar-refractivity contribution in [2.24, 2.45) is 5.92 Å². The maximum atomic E-state index is 10.8. The number of amides is 1. The second kappa shape index (κ2) is 4.16. The summed E-state index contributed by atoms with van der Waals surface area (Å²) >= 11 is 1.90. The molecule has 1 aliphatic carbocycles. The maximum absolute atomic E-state index is 10.8. The van der Waals surface area contributed by atoms with Crippen LogP contribution in [0.25, 0.3) is 0 Å². The van der Waals surface area contributed by atoms with Crippen LogP contribution in [-0.2, 0) is 4.79 Å². The largest absolute Gasteiger partial charge is 0.299 e. The lowest BCUT2D eigenvalue weighted by molar-refractivity contribution is -0.119. The summed E-state index contributed by atoms with van der Waals surface area (Å²) < 4.78 is 2.62. The third kappa shape index (κ3) is 2.44. The van der Waals surface area contributed by atoms with E-state index in [1.54, 1.807) is 0 Å². The Morgan fingerprint density at radius 2 is 2.10 bits per heavy atom. The molecule has 0 spiro atoms. The maximum Gasteiger partial charge on any atom is 0.228 e. The number of halogens is 1. The fourth-order valence-corrected chi connectivity index (χ4v) is 1.74. The van der Waals surface area contributed by atoms with Crippen LogP contribution < -0.4 is 3.53 Å². The van der Waals surface area contributed by atoms with Gasteiger partial charge in [0.15, 0.2) is 0 Å². The van der Waals surface area contributed by atoms with Crippen LogP contribution in [0.2, 0.25) is 0 Å². The second-order valence-corrected chi connectivity index (χ2v) is 3.41. The van der Waals surface area contributed by atoms with Crippen LogP contribution >= 0.6 is 22.9 Å². The van der Waals surface area contributed by atoms with E-state index in [1.165, 1.54) is 25.7 Å². The van der Waals surface area contributed by atoms with Gasteiger partial charge in [-0.2, -0.15) is 0 Å². The molecule has 1 fully saturated rings. The van der Waals surface area contributed by atoms with Crippen molar-refractivity contribution in [2.45, 2.75) is 32.1 Å². The molecule has 2 nitrogen and oxygen atoms in total. The number of carbonyl (C=O) groups is 1. The minimum absolute atomic E-state index is 0.188. The highest BCUT2D eigenvalue weighted by Crippen LogP contribution is 2.27. The average Bonchev–Trinajstić information content (AvgIpc) is 2.40. The zero-order chi connectivity index (χ0) is 7.40. The third-order valence-electron chi connectivity index (χ3n) is 2.05. The van der Waals surface area contributed by atoms with Crippen LogP contribution in [0.4, 0.5) is 0 Å². The molecule has 1 rings (SSSR count). The van der Waals surface area contributed by atoms with Crippen LogP contribution in [0.15, 0.2) is 0 Å². The number of nitrogens with one attached hydrogen (secondary N) is 1. The minimum atomic E-state index is 0.188. The van der Waals surface area contributed by atoms with Gasteiger partial charge in [0.2, 0.25) is 5.91 Å². The number of carbonyl (C=O) groups excluding carboxylic acids is 1. The van der Waals surface area contributed by atoms with E-state index in [9.17, 15) is 4.79 Å². The topological polar surface area (TPSA) is 29.1 Å². The molecule has 0 aromatic carbocycles. The Morgan fingerprint density at radius 3 is 2.60 bits per heavy atom. The Morgan fingerprint density at radius 1 is 1.50 bits per heavy atom. The van der Waals surface area contributed by atoms with Gasteiger partial charge in [-0.25, -0.2) is 0 Å². The zero-order valence-corrected chi connectivity index (χ0v) is 8.06. The number of hydrogen-bond acceptors (Lipinski definition) is 1. The van der Waals surface area contributed by atoms with Crippen molar-refractivity contribution >= 4 is 28.8 Å². The Labute approximate surface area is 75.3 Å². The van der Waals surface area contributed by atoms with Gasteiger partial charge in [-0.1, -0.05) is 12.8 Å². The zero-order valence-electron chi connectivity index (χ0n) is 5.90. The summed E-state index contributed by atoms with van der Waals surface area (Å²) in [6, 6.07) is 0. The lowest BCUT2D eigenvalue weighted by Crippen LogP contribution is -2.14. The molecule has 0 bridgehead atoms. The summed E-state index contributed by atoms with van der Waals surface area (Å²) in [5, 5.41) is 0. The summed E-state index contributed by atoms with van der Waals surface area (Å²) in [5.41, 5.74) is 0. The van der Waals surface area contributed by atoms with Crippen LogP contribution in [0.5, 0.6) is 0 Å². The van der Waals surface area contributed by atoms with Crippen LogP contribution in [-0.4, -0.2) is 5.91 Å². The average molecular weight is 253 g/mol. The van der Waals surface area contributed by atoms with Gasteiger partial charge in [0.25, 0.3) is 0 Å². The molecule has 1 saturated carbocycles. The molecule has 0 atom stereocenters. The van der Waals surface area contributed by atoms with Crippen molar-refractivity contribution in [3.63, 3.8) is 0 Å². The molecule has 1 amide bonds. The van der Waals surface area contributed by atoms with Gasteiger partial charge in [0, 0.05) is 6.42 Å². The third-order valence-corrected chi connectivity index (χ3v) is 2.66. The lowest BCUT2D eigenvalue weighted by Gasteiger charge is -2.04. The minimum Gasteiger partial charge on any atom is -0.299 e. The van der Waals surface area contributed by atoms with Crippen molar-refractivity contribution in [3.8, 4) is 0 Å². The van der Waals surface area contributed by atoms with Gasteiger partial charge in [-0.3, -0.25) is 8.32 Å². The summed E-state index contributed by atoms with van der Waals surface area (Å²) in [6.45, 7) is 0. The molecule has 0 unspecified atom stereocenters. The van der Waals surface area contributed by atoms with Crippen LogP contribution in [0.3, 0.4) is 0 Å². The van der Waals surface area contributed by atoms with Crippen molar-refractivity contribution in [1.29, 1.82) is 0 Å². The molecule has 0 saturated heterocycles. The molecule has 0 aromatic rings. The summed E-state index contributed by atoms with van der Waals surface area (Å²) in [5.74, 6) is 0.863. The van der Waals surface area contributed by atoms with E-state index >= 15 is 0 Å². The summed E-state index contributed by atoms with van der Waals surface area (Å²) in [4.78, 5) is 10.8. The highest BCUT2D eigenvalue weighted by atomic mass is 127. The van der Waals surface area contributed by atoms with Crippen molar-refractivity contribution in [2.75, 3.05) is 0 Å². The van der Waals surface area contributed by atoms with Gasteiger partial charge < -0.3 is 0 Å². The highest BCUT2D eigenvalue weighted by Gasteiger charge is 2.17. The molecule has 10 heavy (non-hydrogen) atoms. The smallest absolute Gasteiger partial charge is 0.228 e. The molecule has 1 N–H and O–H groups in total. The Kier molecular flexibility index (Phi) is 3.45. The lowest BCUT2D eigenvalue weighted by atomic mass is 10.0. The van der Waals surface area contributed by atoms with E-state index in [0.717, 1.165) is 6.42 Å². The van der Waals surface area contributed by atoms with Crippen LogP contribution in [0.1, 0.15) is 32.1 Å². The summed E-state index contributed by atoms with van der Waals surface area (Å²) in [7, 11) is 0. The first-order valence-electron chi connectivity index (χ1n) is 3.72. The molecular formula is C7H12INO. The molecule has 0 heterocycles. The van der Waals surface area contributed by atoms with E-state index in [2.05, 4.69) is 3.53 Å². The van der Waals surface area contributed by atoms with E-state index in [-0.39, 0.29) is 5.91 Å². The Bertz CT molecular complexity index is 121. The quantitative estimate of drug-likeness (QED) is 0.592. The Hall–Kier alpha value is 0.200. The van der Waals surface area contributed by atoms with Gasteiger partial charge >= 0.3 is 0 Å². The van der Waals surface area contributed by atoms with E-state index in [4.69, 9.17) is 0 Å². The monoisotopic (exact) mass is 253 g/mol. The molecule has 58 valence electrons. The van der Waals surface area contributed by atoms with Gasteiger partial charge in [-0.05, 0) is 18.8 Å². The number of hydrogen-bond donors (Lipinski definition) is 1. The first-order chi connectivity index (χ1) is 4.83. The van der Waals surface area contributed by atoms with Crippen LogP contribution in [0, 0.1) is 5.92 Å². The molecule has 1 aliphatic rings. The molecule has 3 heteroatoms. The Balaban J connectivity index is 2.17. The second-order valence-electron chi connectivity index (χ2n) is 2.87. The van der Waals surface area contributed by atoms with E-state index in [1.807, 2.05) is 22.9 Å². The first-order valence-corrected chi connectivity index (χ1v) is 4.80. The fourth-order valence-electron chi connectivity index (χ4n) is 1.52. The van der Waals surface area contributed by atoms with Gasteiger partial charge in [-0.15, -0.1) is 0 Å². The predicted octanol–water partition coefficient (Wildman–Crippen LogP) is 2.03. The van der Waals surface area contributed by atoms with E-state index < -0.39 is 0 Å². The van der Waals surface area contributed by atoms with Crippen molar-refractivity contribution < 1.29 is 4.79 Å². The normalized spacial score (nSPS) is 19.3. The molecule has 0 aromatic heterocycles. The molecule has 0 radical (unpaired) electrons.